The Kier molecular flexibility index (Phi) is 5.30. The molecular formula is C14H25N3O5P+. The second-order valence-electron chi connectivity index (χ2n) is 6.54. The molecule has 1 aromatic rings. The highest BCUT2D eigenvalue weighted by Crippen LogP contribution is 2.39. The third-order valence-corrected chi connectivity index (χ3v) is 5.41. The summed E-state index contributed by atoms with van der Waals surface area (Å²) < 4.78 is 8.11. The van der Waals surface area contributed by atoms with Crippen molar-refractivity contribution in [1.29, 1.82) is 0 Å². The Balaban J connectivity index is 2.26. The average molecular weight is 346 g/mol. The van der Waals surface area contributed by atoms with Crippen molar-refractivity contribution in [1.82, 2.24) is 9.55 Å². The van der Waals surface area contributed by atoms with Crippen LogP contribution in [0.15, 0.2) is 15.9 Å². The standard InChI is InChI=1S/C14H24N3O5P/c1-5-16-8-17(14(21)15-13(16)20)12-11(19)10(18)9(22-12)6-7-23(2,3)4/h8-12,18-19H,2,5-7H2,1,3-4H3/p+1/t9-,10-,11-,12?/m1/s1. The largest absolute Gasteiger partial charge is 0.448 e. The number of H-pyrrole nitrogens is 1. The van der Waals surface area contributed by atoms with Crippen LogP contribution in [0.2, 0.25) is 0 Å². The number of nitrogens with one attached hydrogen (secondary N) is 1. The molecule has 23 heavy (non-hydrogen) atoms. The fourth-order valence-electron chi connectivity index (χ4n) is 2.56. The fraction of sp³-hybridized carbons (Fsp3) is 0.714. The van der Waals surface area contributed by atoms with E-state index in [9.17, 15) is 19.8 Å². The van der Waals surface area contributed by atoms with Gasteiger partial charge in [0.05, 0.1) is 12.6 Å². The summed E-state index contributed by atoms with van der Waals surface area (Å²) in [6, 6.07) is 0. The summed E-state index contributed by atoms with van der Waals surface area (Å²) in [6.07, 6.45) is 2.88. The number of aliphatic hydroxyl groups excluding tert-OH is 2. The molecule has 130 valence electrons. The quantitative estimate of drug-likeness (QED) is 0.447. The summed E-state index contributed by atoms with van der Waals surface area (Å²) in [7, 11) is 0. The second kappa shape index (κ2) is 6.73. The molecule has 1 aromatic heterocycles. The van der Waals surface area contributed by atoms with Gasteiger partial charge in [-0.15, -0.1) is 13.2 Å². The highest BCUT2D eigenvalue weighted by atomic mass is 31.2. The predicted octanol–water partition coefficient (Wildman–Crippen LogP) is -1.44. The van der Waals surface area contributed by atoms with Gasteiger partial charge in [0.1, 0.15) is 12.2 Å². The number of nitrogens with zero attached hydrogens (tertiary/aromatic N) is 2. The van der Waals surface area contributed by atoms with Gasteiger partial charge in [-0.1, -0.05) is 0 Å². The highest BCUT2D eigenvalue weighted by molar-refractivity contribution is 7.72. The van der Waals surface area contributed by atoms with Crippen LogP contribution < -0.4 is 15.9 Å². The molecule has 1 aliphatic heterocycles. The first-order valence-corrected chi connectivity index (χ1v) is 10.6. The maximum Gasteiger partial charge on any atom is 0.448 e. The zero-order valence-corrected chi connectivity index (χ0v) is 14.6. The molecule has 0 saturated carbocycles. The molecule has 0 spiro atoms. The van der Waals surface area contributed by atoms with Crippen molar-refractivity contribution < 1.29 is 19.5 Å². The minimum absolute atomic E-state index is 0.366. The molecule has 2 heterocycles. The summed E-state index contributed by atoms with van der Waals surface area (Å²) >= 11 is 0. The van der Waals surface area contributed by atoms with Crippen LogP contribution in [0.1, 0.15) is 19.6 Å². The summed E-state index contributed by atoms with van der Waals surface area (Å²) in [5.41, 5.74) is -1.21. The summed E-state index contributed by atoms with van der Waals surface area (Å²) in [5.74, 6) is 0. The minimum Gasteiger partial charge on any atom is -0.387 e. The minimum atomic E-state index is -1.28. The summed E-state index contributed by atoms with van der Waals surface area (Å²) in [4.78, 5) is 25.8. The number of hydrogen-bond donors (Lipinski definition) is 3. The Labute approximate surface area is 134 Å². The number of aliphatic hydroxyl groups is 2. The van der Waals surface area contributed by atoms with Crippen molar-refractivity contribution in [2.45, 2.75) is 44.4 Å². The van der Waals surface area contributed by atoms with Crippen molar-refractivity contribution in [2.24, 2.45) is 0 Å². The molecule has 0 aliphatic carbocycles. The number of ether oxygens (including phenoxy) is 1. The molecule has 9 heteroatoms. The molecular weight excluding hydrogens is 321 g/mol. The van der Waals surface area contributed by atoms with Gasteiger partial charge in [-0.25, -0.2) is 14.2 Å². The van der Waals surface area contributed by atoms with E-state index in [0.29, 0.717) is 13.0 Å². The Morgan fingerprint density at radius 1 is 1.39 bits per heavy atom. The fourth-order valence-corrected chi connectivity index (χ4v) is 3.52. The molecule has 0 aromatic carbocycles. The molecule has 8 nitrogen and oxygen atoms in total. The van der Waals surface area contributed by atoms with Crippen molar-refractivity contribution >= 4 is 13.2 Å². The number of aryl methyl sites for hydroxylation is 1. The van der Waals surface area contributed by atoms with Crippen molar-refractivity contribution in [3.8, 4) is 0 Å². The van der Waals surface area contributed by atoms with Gasteiger partial charge in [0.2, 0.25) is 12.6 Å². The van der Waals surface area contributed by atoms with E-state index in [1.807, 2.05) is 0 Å². The molecule has 1 saturated heterocycles. The summed E-state index contributed by atoms with van der Waals surface area (Å²) in [5, 5.41) is 20.4. The SMILES string of the molecule is C=P(C)(C)CC[C@H]1OC(n2c[n+](CC)c(=O)[nH]c2=O)[C@H](O)[C@@H]1O. The maximum atomic E-state index is 12.0. The zero-order chi connectivity index (χ0) is 17.4. The van der Waals surface area contributed by atoms with Gasteiger partial charge >= 0.3 is 11.4 Å². The topological polar surface area (TPSA) is 108 Å². The van der Waals surface area contributed by atoms with Crippen LogP contribution in [-0.4, -0.2) is 63.9 Å². The lowest BCUT2D eigenvalue weighted by Crippen LogP contribution is -2.56. The normalized spacial score (nSPS) is 28.2. The van der Waals surface area contributed by atoms with Crippen LogP contribution in [-0.2, 0) is 11.3 Å². The predicted molar refractivity (Wildman–Crippen MR) is 88.5 cm³/mol. The van der Waals surface area contributed by atoms with Gasteiger partial charge in [0.15, 0.2) is 0 Å². The number of aromatic amines is 1. The maximum absolute atomic E-state index is 12.0. The van der Waals surface area contributed by atoms with E-state index in [-0.39, 0.29) is 0 Å². The Morgan fingerprint density at radius 2 is 2.04 bits per heavy atom. The number of hydrogen-bond acceptors (Lipinski definition) is 5. The molecule has 1 aliphatic rings. The van der Waals surface area contributed by atoms with Crippen LogP contribution >= 0.6 is 6.89 Å². The molecule has 2 rings (SSSR count). The van der Waals surface area contributed by atoms with Crippen molar-refractivity contribution in [3.63, 3.8) is 0 Å². The lowest BCUT2D eigenvalue weighted by Gasteiger charge is -2.18. The second-order valence-corrected chi connectivity index (χ2v) is 10.9. The van der Waals surface area contributed by atoms with E-state index >= 15 is 0 Å². The van der Waals surface area contributed by atoms with E-state index in [1.165, 1.54) is 10.9 Å². The number of aromatic nitrogens is 3. The smallest absolute Gasteiger partial charge is 0.387 e. The van der Waals surface area contributed by atoms with Crippen molar-refractivity contribution in [2.75, 3.05) is 19.5 Å². The summed E-state index contributed by atoms with van der Waals surface area (Å²) in [6.45, 7) is 5.01. The van der Waals surface area contributed by atoms with Gasteiger partial charge in [0, 0.05) is 0 Å². The molecule has 0 bridgehead atoms. The van der Waals surface area contributed by atoms with Gasteiger partial charge < -0.3 is 14.9 Å². The van der Waals surface area contributed by atoms with Gasteiger partial charge in [0.25, 0.3) is 0 Å². The molecule has 0 amide bonds. The lowest BCUT2D eigenvalue weighted by atomic mass is 10.1. The van der Waals surface area contributed by atoms with Gasteiger partial charge in [-0.2, -0.15) is 9.55 Å². The molecule has 0 radical (unpaired) electrons. The van der Waals surface area contributed by atoms with Gasteiger partial charge in [-0.05, 0) is 32.8 Å². The zero-order valence-electron chi connectivity index (χ0n) is 13.7. The van der Waals surface area contributed by atoms with Crippen LogP contribution in [0.25, 0.3) is 0 Å². The van der Waals surface area contributed by atoms with E-state index in [1.54, 1.807) is 6.92 Å². The monoisotopic (exact) mass is 346 g/mol. The first-order chi connectivity index (χ1) is 10.6. The van der Waals surface area contributed by atoms with E-state index in [4.69, 9.17) is 4.74 Å². The average Bonchev–Trinajstić information content (AvgIpc) is 2.73. The Morgan fingerprint density at radius 3 is 2.61 bits per heavy atom. The van der Waals surface area contributed by atoms with Gasteiger partial charge in [-0.3, -0.25) is 0 Å². The third kappa shape index (κ3) is 4.01. The first-order valence-electron chi connectivity index (χ1n) is 7.58. The van der Waals surface area contributed by atoms with Crippen LogP contribution in [0, 0.1) is 0 Å². The Hall–Kier alpha value is -1.21. The molecule has 1 unspecified atom stereocenters. The van der Waals surface area contributed by atoms with E-state index < -0.39 is 42.8 Å². The van der Waals surface area contributed by atoms with Crippen LogP contribution in [0.3, 0.4) is 0 Å². The molecule has 3 N–H and O–H groups in total. The molecule has 1 fully saturated rings. The van der Waals surface area contributed by atoms with E-state index in [2.05, 4.69) is 24.6 Å². The Bertz CT molecular complexity index is 722. The third-order valence-electron chi connectivity index (χ3n) is 3.94. The van der Waals surface area contributed by atoms with Crippen LogP contribution in [0.4, 0.5) is 0 Å². The van der Waals surface area contributed by atoms with Crippen LogP contribution in [0.5, 0.6) is 0 Å². The van der Waals surface area contributed by atoms with E-state index in [0.717, 1.165) is 10.7 Å². The lowest BCUT2D eigenvalue weighted by molar-refractivity contribution is -0.715. The highest BCUT2D eigenvalue weighted by Gasteiger charge is 2.46. The first kappa shape index (κ1) is 18.1. The molecule has 4 atom stereocenters. The number of rotatable bonds is 5. The van der Waals surface area contributed by atoms with Crippen molar-refractivity contribution in [3.05, 3.63) is 27.3 Å².